The predicted molar refractivity (Wildman–Crippen MR) is 112 cm³/mol. The number of aldehydes is 1. The second kappa shape index (κ2) is 8.36. The average Bonchev–Trinajstić information content (AvgIpc) is 2.66. The molecule has 0 heterocycles. The number of phenols is 2. The van der Waals surface area contributed by atoms with E-state index in [1.165, 1.54) is 0 Å². The van der Waals surface area contributed by atoms with Gasteiger partial charge in [-0.15, -0.1) is 0 Å². The summed E-state index contributed by atoms with van der Waals surface area (Å²) in [4.78, 5) is 23.3. The van der Waals surface area contributed by atoms with Gasteiger partial charge in [0.2, 0.25) is 0 Å². The molecule has 5 heteroatoms. The molecule has 150 valence electrons. The minimum Gasteiger partial charge on any atom is -0.507 e. The van der Waals surface area contributed by atoms with E-state index in [1.54, 1.807) is 13.0 Å². The topological polar surface area (TPSA) is 74.6 Å². The number of ketones is 1. The summed E-state index contributed by atoms with van der Waals surface area (Å²) in [6, 6.07) is 0. The van der Waals surface area contributed by atoms with Crippen LogP contribution < -0.4 is 0 Å². The van der Waals surface area contributed by atoms with Crippen molar-refractivity contribution in [2.75, 3.05) is 0 Å². The van der Waals surface area contributed by atoms with Crippen LogP contribution >= 0.6 is 11.6 Å². The van der Waals surface area contributed by atoms with Gasteiger partial charge in [0.1, 0.15) is 11.5 Å². The Balaban J connectivity index is 2.30. The summed E-state index contributed by atoms with van der Waals surface area (Å²) in [6.07, 6.45) is 10.2. The van der Waals surface area contributed by atoms with Gasteiger partial charge in [0.15, 0.2) is 12.1 Å². The summed E-state index contributed by atoms with van der Waals surface area (Å²) in [7, 11) is 0. The fourth-order valence-corrected chi connectivity index (χ4v) is 3.66. The van der Waals surface area contributed by atoms with E-state index in [-0.39, 0.29) is 57.1 Å². The maximum atomic E-state index is 12.1. The van der Waals surface area contributed by atoms with Gasteiger partial charge in [0.05, 0.1) is 10.6 Å². The Morgan fingerprint density at radius 1 is 1.29 bits per heavy atom. The molecular weight excluding hydrogens is 376 g/mol. The quantitative estimate of drug-likeness (QED) is 0.515. The highest BCUT2D eigenvalue weighted by molar-refractivity contribution is 6.33. The van der Waals surface area contributed by atoms with Crippen LogP contribution in [0.2, 0.25) is 5.02 Å². The zero-order valence-corrected chi connectivity index (χ0v) is 17.7. The molecule has 0 aromatic heterocycles. The van der Waals surface area contributed by atoms with Gasteiger partial charge in [-0.1, -0.05) is 62.2 Å². The van der Waals surface area contributed by atoms with Crippen molar-refractivity contribution in [1.29, 1.82) is 0 Å². The fourth-order valence-electron chi connectivity index (χ4n) is 3.45. The largest absolute Gasteiger partial charge is 0.507 e. The van der Waals surface area contributed by atoms with Gasteiger partial charge in [-0.05, 0) is 37.8 Å². The van der Waals surface area contributed by atoms with Crippen LogP contribution in [0, 0.1) is 24.2 Å². The minimum absolute atomic E-state index is 0.0687. The third kappa shape index (κ3) is 3.93. The third-order valence-corrected chi connectivity index (χ3v) is 6.57. The zero-order chi connectivity index (χ0) is 21.2. The van der Waals surface area contributed by atoms with Crippen molar-refractivity contribution in [2.24, 2.45) is 17.3 Å². The lowest BCUT2D eigenvalue weighted by Gasteiger charge is -2.38. The molecule has 2 N–H and O–H groups in total. The van der Waals surface area contributed by atoms with Crippen LogP contribution in [0.1, 0.15) is 49.2 Å². The van der Waals surface area contributed by atoms with E-state index in [4.69, 9.17) is 11.6 Å². The Hall–Kier alpha value is -2.33. The summed E-state index contributed by atoms with van der Waals surface area (Å²) >= 11 is 6.09. The summed E-state index contributed by atoms with van der Waals surface area (Å²) in [6.45, 7) is 9.58. The van der Waals surface area contributed by atoms with Crippen molar-refractivity contribution in [3.05, 3.63) is 57.7 Å². The number of hydrogen-bond acceptors (Lipinski definition) is 4. The van der Waals surface area contributed by atoms with E-state index in [0.29, 0.717) is 11.8 Å². The van der Waals surface area contributed by atoms with Crippen LogP contribution in [0.15, 0.2) is 36.0 Å². The smallest absolute Gasteiger partial charge is 0.159 e. The van der Waals surface area contributed by atoms with E-state index >= 15 is 0 Å². The molecule has 0 spiro atoms. The monoisotopic (exact) mass is 402 g/mol. The first-order valence-electron chi connectivity index (χ1n) is 9.30. The van der Waals surface area contributed by atoms with Crippen molar-refractivity contribution in [3.63, 3.8) is 0 Å². The highest BCUT2D eigenvalue weighted by Gasteiger charge is 2.39. The van der Waals surface area contributed by atoms with Gasteiger partial charge >= 0.3 is 0 Å². The standard InChI is InChI=1S/C23H27ClO4/c1-13(10-11-23(5)14(2)7-9-19(26)16(23)4)6-8-17-21(27)18(12-25)15(3)20(24)22(17)28/h6-7,9-12,14,16,27-28H,8H2,1-5H3/b11-10+,13-6+/t14-,16-,23-/m0/s1. The van der Waals surface area contributed by atoms with Crippen LogP contribution in [-0.2, 0) is 11.2 Å². The van der Waals surface area contributed by atoms with Crippen molar-refractivity contribution in [1.82, 2.24) is 0 Å². The number of carbonyl (C=O) groups is 2. The predicted octanol–water partition coefficient (Wildman–Crippen LogP) is 5.33. The number of hydrogen-bond donors (Lipinski definition) is 2. The molecule has 0 saturated carbocycles. The maximum Gasteiger partial charge on any atom is 0.159 e. The molecule has 0 amide bonds. The first kappa shape index (κ1) is 22.0. The van der Waals surface area contributed by atoms with Crippen molar-refractivity contribution in [2.45, 2.75) is 41.0 Å². The minimum atomic E-state index is -0.289. The van der Waals surface area contributed by atoms with Gasteiger partial charge in [0, 0.05) is 16.9 Å². The highest BCUT2D eigenvalue weighted by atomic mass is 35.5. The molecule has 1 aromatic carbocycles. The molecule has 3 atom stereocenters. The van der Waals surface area contributed by atoms with Gasteiger partial charge in [-0.2, -0.15) is 0 Å². The Morgan fingerprint density at radius 2 is 1.93 bits per heavy atom. The van der Waals surface area contributed by atoms with Crippen molar-refractivity contribution >= 4 is 23.7 Å². The summed E-state index contributed by atoms with van der Waals surface area (Å²) < 4.78 is 0. The highest BCUT2D eigenvalue weighted by Crippen LogP contribution is 2.42. The van der Waals surface area contributed by atoms with E-state index < -0.39 is 0 Å². The van der Waals surface area contributed by atoms with Crippen molar-refractivity contribution in [3.8, 4) is 11.5 Å². The van der Waals surface area contributed by atoms with E-state index in [9.17, 15) is 19.8 Å². The second-order valence-electron chi connectivity index (χ2n) is 7.77. The summed E-state index contributed by atoms with van der Waals surface area (Å²) in [5.74, 6) is -0.233. The number of allylic oxidation sites excluding steroid dienone is 6. The lowest BCUT2D eigenvalue weighted by Crippen LogP contribution is -2.37. The molecule has 0 unspecified atom stereocenters. The SMILES string of the molecule is CC(/C=C/[C@@]1(C)[C@@H](C)C=CC(=O)[C@@H]1C)=C\Cc1c(O)c(Cl)c(C)c(C=O)c1O. The Morgan fingerprint density at radius 3 is 2.54 bits per heavy atom. The van der Waals surface area contributed by atoms with Crippen LogP contribution in [-0.4, -0.2) is 22.3 Å². The molecule has 0 bridgehead atoms. The molecule has 1 aliphatic rings. The van der Waals surface area contributed by atoms with Gasteiger partial charge < -0.3 is 10.2 Å². The lowest BCUT2D eigenvalue weighted by molar-refractivity contribution is -0.121. The molecule has 1 aromatic rings. The Bertz CT molecular complexity index is 895. The van der Waals surface area contributed by atoms with E-state index in [0.717, 1.165) is 5.57 Å². The van der Waals surface area contributed by atoms with Crippen LogP contribution in [0.25, 0.3) is 0 Å². The zero-order valence-electron chi connectivity index (χ0n) is 16.9. The summed E-state index contributed by atoms with van der Waals surface area (Å²) in [5, 5.41) is 20.7. The number of benzene rings is 1. The molecule has 28 heavy (non-hydrogen) atoms. The van der Waals surface area contributed by atoms with Gasteiger partial charge in [-0.25, -0.2) is 0 Å². The molecule has 0 fully saturated rings. The first-order valence-corrected chi connectivity index (χ1v) is 9.68. The maximum absolute atomic E-state index is 12.1. The molecule has 4 nitrogen and oxygen atoms in total. The first-order chi connectivity index (χ1) is 13.0. The third-order valence-electron chi connectivity index (χ3n) is 6.11. The van der Waals surface area contributed by atoms with E-state index in [2.05, 4.69) is 13.8 Å². The number of carbonyl (C=O) groups excluding carboxylic acids is 2. The summed E-state index contributed by atoms with van der Waals surface area (Å²) in [5.41, 5.74) is 1.27. The number of halogens is 1. The van der Waals surface area contributed by atoms with Crippen LogP contribution in [0.4, 0.5) is 0 Å². The van der Waals surface area contributed by atoms with Crippen molar-refractivity contribution < 1.29 is 19.8 Å². The van der Waals surface area contributed by atoms with E-state index in [1.807, 2.05) is 38.2 Å². The van der Waals surface area contributed by atoms with Crippen LogP contribution in [0.3, 0.4) is 0 Å². The molecule has 0 radical (unpaired) electrons. The molecular formula is C23H27ClO4. The average molecular weight is 403 g/mol. The number of phenolic OH excluding ortho intramolecular Hbond substituents is 2. The fraction of sp³-hybridized carbons (Fsp3) is 0.391. The Labute approximate surface area is 171 Å². The molecule has 0 aliphatic heterocycles. The lowest BCUT2D eigenvalue weighted by atomic mass is 9.64. The van der Waals surface area contributed by atoms with Crippen LogP contribution in [0.5, 0.6) is 11.5 Å². The molecule has 0 saturated heterocycles. The number of aromatic hydroxyl groups is 2. The Kier molecular flexibility index (Phi) is 6.56. The van der Waals surface area contributed by atoms with Gasteiger partial charge in [0.25, 0.3) is 0 Å². The molecule has 1 aliphatic carbocycles. The normalized spacial score (nSPS) is 25.5. The molecule has 2 rings (SSSR count). The second-order valence-corrected chi connectivity index (χ2v) is 8.15. The van der Waals surface area contributed by atoms with Gasteiger partial charge in [-0.3, -0.25) is 9.59 Å². The number of rotatable bonds is 5.